The van der Waals surface area contributed by atoms with Crippen molar-refractivity contribution in [3.63, 3.8) is 0 Å². The van der Waals surface area contributed by atoms with Crippen LogP contribution < -0.4 is 29.3 Å². The van der Waals surface area contributed by atoms with Gasteiger partial charge in [-0.1, -0.05) is 42.0 Å². The minimum Gasteiger partial charge on any atom is -0.493 e. The number of nitrogens with one attached hydrogen (secondary N) is 1. The SMILES string of the molecule is COc1cc(C(=O)Oc2ccc([NH+]=c3cc(-c4ccccc4)oc4ccc(C)cc34)cc2)cc(OC)c1OC.F[B-](F)(F)F. The molecule has 0 unspecified atom stereocenters. The molecule has 0 spiro atoms. The highest BCUT2D eigenvalue weighted by Gasteiger charge is 2.21. The highest BCUT2D eigenvalue weighted by atomic mass is 19.5. The average molecular weight is 609 g/mol. The Bertz CT molecular complexity index is 1790. The number of methoxy groups -OCH3 is 3. The van der Waals surface area contributed by atoms with Crippen LogP contribution in [0.3, 0.4) is 0 Å². The van der Waals surface area contributed by atoms with Gasteiger partial charge in [-0.3, -0.25) is 0 Å². The number of carbonyl (C=O) groups is 1. The van der Waals surface area contributed by atoms with E-state index >= 15 is 0 Å². The summed E-state index contributed by atoms with van der Waals surface area (Å²) in [6, 6.07) is 28.3. The number of hydrogen-bond donors (Lipinski definition) is 1. The molecule has 0 amide bonds. The van der Waals surface area contributed by atoms with Crippen LogP contribution in [0.4, 0.5) is 23.0 Å². The topological polar surface area (TPSA) is 81.1 Å². The lowest BCUT2D eigenvalue weighted by molar-refractivity contribution is -0.400. The van der Waals surface area contributed by atoms with Crippen molar-refractivity contribution in [2.45, 2.75) is 6.92 Å². The van der Waals surface area contributed by atoms with E-state index < -0.39 is 13.2 Å². The Balaban J connectivity index is 0.000000818. The summed E-state index contributed by atoms with van der Waals surface area (Å²) in [6.45, 7) is 2.05. The van der Waals surface area contributed by atoms with E-state index in [1.807, 2.05) is 67.6 Å². The first-order valence-electron chi connectivity index (χ1n) is 13.2. The first kappa shape index (κ1) is 31.7. The molecule has 0 aliphatic heterocycles. The predicted molar refractivity (Wildman–Crippen MR) is 158 cm³/mol. The number of esters is 1. The monoisotopic (exact) mass is 609 g/mol. The van der Waals surface area contributed by atoms with E-state index in [4.69, 9.17) is 23.4 Å². The number of aryl methyl sites for hydroxylation is 1. The molecule has 5 rings (SSSR count). The van der Waals surface area contributed by atoms with Gasteiger partial charge in [0.2, 0.25) is 16.8 Å². The van der Waals surface area contributed by atoms with Crippen molar-refractivity contribution >= 4 is 29.9 Å². The Morgan fingerprint density at radius 1 is 0.773 bits per heavy atom. The van der Waals surface area contributed by atoms with Gasteiger partial charge in [0.1, 0.15) is 17.1 Å². The Morgan fingerprint density at radius 3 is 1.95 bits per heavy atom. The third-order valence-corrected chi connectivity index (χ3v) is 6.22. The molecule has 0 bridgehead atoms. The number of carbonyl (C=O) groups excluding carboxylic acids is 1. The van der Waals surface area contributed by atoms with Crippen LogP contribution in [0.2, 0.25) is 0 Å². The van der Waals surface area contributed by atoms with Crippen molar-refractivity contribution in [2.24, 2.45) is 0 Å². The zero-order valence-electron chi connectivity index (χ0n) is 24.2. The lowest BCUT2D eigenvalue weighted by Gasteiger charge is -2.13. The number of benzene rings is 4. The fourth-order valence-electron chi connectivity index (χ4n) is 4.27. The van der Waals surface area contributed by atoms with E-state index in [-0.39, 0.29) is 5.56 Å². The summed E-state index contributed by atoms with van der Waals surface area (Å²) in [5.41, 5.74) is 3.99. The molecule has 0 radical (unpaired) electrons. The second-order valence-electron chi connectivity index (χ2n) is 9.34. The van der Waals surface area contributed by atoms with Crippen molar-refractivity contribution < 1.29 is 50.4 Å². The van der Waals surface area contributed by atoms with Gasteiger partial charge in [-0.05, 0) is 43.3 Å². The van der Waals surface area contributed by atoms with Gasteiger partial charge >= 0.3 is 13.2 Å². The molecule has 0 aliphatic rings. The summed E-state index contributed by atoms with van der Waals surface area (Å²) in [5, 5.41) is 1.87. The second kappa shape index (κ2) is 13.8. The molecule has 12 heteroatoms. The summed E-state index contributed by atoms with van der Waals surface area (Å²) in [5.74, 6) is 1.75. The van der Waals surface area contributed by atoms with Gasteiger partial charge in [0.15, 0.2) is 11.5 Å². The molecule has 0 saturated heterocycles. The summed E-state index contributed by atoms with van der Waals surface area (Å²) < 4.78 is 66.8. The third-order valence-electron chi connectivity index (χ3n) is 6.22. The van der Waals surface area contributed by atoms with E-state index in [1.54, 1.807) is 24.3 Å². The van der Waals surface area contributed by atoms with Gasteiger partial charge in [0.05, 0.1) is 38.3 Å². The van der Waals surface area contributed by atoms with E-state index in [2.05, 4.69) is 11.1 Å². The van der Waals surface area contributed by atoms with Crippen molar-refractivity contribution in [2.75, 3.05) is 21.3 Å². The maximum Gasteiger partial charge on any atom is 0.673 e. The lowest BCUT2D eigenvalue weighted by Crippen LogP contribution is -2.70. The van der Waals surface area contributed by atoms with Crippen LogP contribution in [-0.4, -0.2) is 34.6 Å². The smallest absolute Gasteiger partial charge is 0.493 e. The van der Waals surface area contributed by atoms with Crippen molar-refractivity contribution in [1.29, 1.82) is 0 Å². The van der Waals surface area contributed by atoms with E-state index in [0.29, 0.717) is 23.0 Å². The van der Waals surface area contributed by atoms with Crippen LogP contribution in [0, 0.1) is 6.92 Å². The molecule has 4 aromatic carbocycles. The van der Waals surface area contributed by atoms with E-state index in [0.717, 1.165) is 38.9 Å². The molecule has 0 aliphatic carbocycles. The van der Waals surface area contributed by atoms with Crippen LogP contribution in [0.1, 0.15) is 15.9 Å². The summed E-state index contributed by atoms with van der Waals surface area (Å²) in [7, 11) is -1.51. The highest BCUT2D eigenvalue weighted by molar-refractivity contribution is 6.50. The molecule has 44 heavy (non-hydrogen) atoms. The second-order valence-corrected chi connectivity index (χ2v) is 9.34. The normalized spacial score (nSPS) is 11.4. The maximum atomic E-state index is 12.9. The van der Waals surface area contributed by atoms with Crippen molar-refractivity contribution in [3.05, 3.63) is 107 Å². The number of rotatable bonds is 7. The first-order chi connectivity index (χ1) is 21.0. The number of fused-ring (bicyclic) bond motifs is 1. The van der Waals surface area contributed by atoms with E-state index in [1.165, 1.54) is 21.3 Å². The Kier molecular flexibility index (Phi) is 9.94. The molecule has 0 fully saturated rings. The molecule has 1 aromatic heterocycles. The van der Waals surface area contributed by atoms with Crippen molar-refractivity contribution in [1.82, 2.24) is 0 Å². The minimum absolute atomic E-state index is 0.273. The molecule has 1 heterocycles. The molecule has 0 atom stereocenters. The fourth-order valence-corrected chi connectivity index (χ4v) is 4.27. The minimum atomic E-state index is -6.00. The molecule has 5 aromatic rings. The number of hydrogen-bond acceptors (Lipinski definition) is 6. The van der Waals surface area contributed by atoms with Gasteiger partial charge < -0.3 is 40.6 Å². The third kappa shape index (κ3) is 8.18. The molecule has 228 valence electrons. The summed E-state index contributed by atoms with van der Waals surface area (Å²) in [6.07, 6.45) is 0. The predicted octanol–water partition coefficient (Wildman–Crippen LogP) is 6.27. The Morgan fingerprint density at radius 2 is 1.39 bits per heavy atom. The molecular formula is C32H28BF4NO6. The van der Waals surface area contributed by atoms with Gasteiger partial charge in [0.25, 0.3) is 0 Å². The molecule has 1 N–H and O–H groups in total. The van der Waals surface area contributed by atoms with Crippen LogP contribution in [0.25, 0.3) is 22.3 Å². The molecular weight excluding hydrogens is 581 g/mol. The van der Waals surface area contributed by atoms with Gasteiger partial charge in [-0.15, -0.1) is 0 Å². The van der Waals surface area contributed by atoms with Crippen molar-refractivity contribution in [3.8, 4) is 34.3 Å². The standard InChI is InChI=1S/C32H27NO6.BF4/c1-20-10-15-27-25(16-20)26(19-28(39-27)21-8-6-5-7-9-21)33-23-11-13-24(14-12-23)38-32(34)22-17-29(35-2)31(37-4)30(18-22)36-3;2-1(3,4)5/h5-19H,1-4H3;/q;-1/p+1. The zero-order valence-corrected chi connectivity index (χ0v) is 24.2. The quantitative estimate of drug-likeness (QED) is 0.102. The van der Waals surface area contributed by atoms with Gasteiger partial charge in [0, 0.05) is 17.7 Å². The summed E-state index contributed by atoms with van der Waals surface area (Å²) >= 11 is 0. The Hall–Kier alpha value is -5.26. The molecule has 7 nitrogen and oxygen atoms in total. The largest absolute Gasteiger partial charge is 0.673 e. The zero-order chi connectivity index (χ0) is 31.9. The van der Waals surface area contributed by atoms with Crippen LogP contribution >= 0.6 is 0 Å². The van der Waals surface area contributed by atoms with Crippen LogP contribution in [-0.2, 0) is 0 Å². The average Bonchev–Trinajstić information content (AvgIpc) is 3.00. The van der Waals surface area contributed by atoms with E-state index in [9.17, 15) is 22.1 Å². The summed E-state index contributed by atoms with van der Waals surface area (Å²) in [4.78, 5) is 16.4. The van der Waals surface area contributed by atoms with Gasteiger partial charge in [-0.25, -0.2) is 9.79 Å². The Labute approximate surface area is 250 Å². The lowest BCUT2D eigenvalue weighted by atomic mass is 10.1. The first-order valence-corrected chi connectivity index (χ1v) is 13.2. The van der Waals surface area contributed by atoms with Gasteiger partial charge in [-0.2, -0.15) is 0 Å². The highest BCUT2D eigenvalue weighted by Crippen LogP contribution is 2.38. The number of halogens is 4. The van der Waals surface area contributed by atoms with Crippen LogP contribution in [0.15, 0.2) is 95.4 Å². The number of ether oxygens (including phenoxy) is 4. The fraction of sp³-hybridized carbons (Fsp3) is 0.125. The van der Waals surface area contributed by atoms with Crippen LogP contribution in [0.5, 0.6) is 23.0 Å². The molecule has 0 saturated carbocycles. The maximum absolute atomic E-state index is 12.9.